The average molecular weight is 953 g/mol. The molecular weight excluding hydrogens is 929 g/mol. The van der Waals surface area contributed by atoms with Gasteiger partial charge in [0.15, 0.2) is 5.69 Å². The number of aromatic nitrogens is 6. The molecule has 0 atom stereocenters. The number of rotatable bonds is 9. The van der Waals surface area contributed by atoms with Gasteiger partial charge < -0.3 is 15.3 Å². The molecule has 7 heterocycles. The van der Waals surface area contributed by atoms with Gasteiger partial charge in [-0.1, -0.05) is 0 Å². The van der Waals surface area contributed by atoms with E-state index in [4.69, 9.17) is 15.5 Å². The number of carboxylic acids is 3. The molecule has 3 N–H and O–H groups in total. The van der Waals surface area contributed by atoms with E-state index >= 15 is 0 Å². The Morgan fingerprint density at radius 3 is 1.83 bits per heavy atom. The summed E-state index contributed by atoms with van der Waals surface area (Å²) in [6.45, 7) is 2.10. The number of thiocyanates is 1. The molecule has 0 radical (unpaired) electrons. The van der Waals surface area contributed by atoms with Crippen LogP contribution in [-0.2, 0) is 31.5 Å². The van der Waals surface area contributed by atoms with Crippen LogP contribution >= 0.6 is 34.4 Å². The van der Waals surface area contributed by atoms with Crippen LogP contribution in [0.25, 0.3) is 64.8 Å². The first-order chi connectivity index (χ1) is 28.2. The van der Waals surface area contributed by atoms with Crippen LogP contribution in [0.3, 0.4) is 0 Å². The van der Waals surface area contributed by atoms with E-state index in [1.165, 1.54) is 68.5 Å². The Kier molecular flexibility index (Phi) is 12.9. The van der Waals surface area contributed by atoms with Crippen molar-refractivity contribution in [3.8, 4) is 50.0 Å². The van der Waals surface area contributed by atoms with Crippen LogP contribution in [0.4, 0.5) is 13.2 Å². The summed E-state index contributed by atoms with van der Waals surface area (Å²) in [5, 5.41) is 44.2. The van der Waals surface area contributed by atoms with E-state index in [-0.39, 0.29) is 70.5 Å². The number of aromatic carboxylic acids is 3. The number of hydrogen-bond acceptors (Lipinski definition) is 12. The van der Waals surface area contributed by atoms with Crippen LogP contribution in [0, 0.1) is 17.6 Å². The maximum Gasteiger partial charge on any atom is 0.435 e. The number of thioether (sulfide) groups is 1. The van der Waals surface area contributed by atoms with E-state index < -0.39 is 29.8 Å². The Morgan fingerprint density at radius 1 is 0.733 bits per heavy atom. The summed E-state index contributed by atoms with van der Waals surface area (Å²) in [7, 11) is 0. The van der Waals surface area contributed by atoms with E-state index in [2.05, 4.69) is 56.2 Å². The van der Waals surface area contributed by atoms with Gasteiger partial charge in [0.25, 0.3) is 0 Å². The second-order valence-electron chi connectivity index (χ2n) is 12.5. The van der Waals surface area contributed by atoms with Crippen LogP contribution in [0.5, 0.6) is 0 Å². The van der Waals surface area contributed by atoms with Crippen LogP contribution in [0.1, 0.15) is 41.6 Å². The van der Waals surface area contributed by atoms with E-state index in [0.717, 1.165) is 38.3 Å². The molecule has 302 valence electrons. The number of aryl methyl sites for hydroxylation is 1. The first-order valence-corrected chi connectivity index (χ1v) is 19.5. The molecule has 0 amide bonds. The number of thiophene rings is 2. The number of alkyl halides is 3. The maximum atomic E-state index is 13.1. The number of benzene rings is 1. The molecule has 8 aromatic rings. The molecular formula is C40H24F3N7O6RuS3. The molecule has 13 nitrogen and oxygen atoms in total. The van der Waals surface area contributed by atoms with Crippen molar-refractivity contribution in [3.05, 3.63) is 125 Å². The third-order valence-electron chi connectivity index (χ3n) is 8.52. The summed E-state index contributed by atoms with van der Waals surface area (Å²) in [6, 6.07) is 20.8. The normalized spacial score (nSPS) is 11.1. The number of carboxylic acid groups (broad SMARTS) is 3. The van der Waals surface area contributed by atoms with Gasteiger partial charge in [-0.25, -0.2) is 19.4 Å². The molecule has 8 rings (SSSR count). The van der Waals surface area contributed by atoms with Gasteiger partial charge in [0.05, 0.1) is 50.9 Å². The second-order valence-corrected chi connectivity index (χ2v) is 15.6. The van der Waals surface area contributed by atoms with Crippen molar-refractivity contribution in [1.29, 1.82) is 5.26 Å². The first kappa shape index (κ1) is 43.2. The minimum Gasteiger partial charge on any atom is -0.478 e. The summed E-state index contributed by atoms with van der Waals surface area (Å²) in [6.07, 6.45) is -0.358. The van der Waals surface area contributed by atoms with E-state index in [1.807, 2.05) is 11.5 Å². The molecule has 0 unspecified atom stereocenters. The topological polar surface area (TPSA) is 205 Å². The molecule has 0 saturated heterocycles. The van der Waals surface area contributed by atoms with Crippen molar-refractivity contribution in [1.82, 2.24) is 29.7 Å². The van der Waals surface area contributed by atoms with Gasteiger partial charge in [0.1, 0.15) is 11.3 Å². The number of halogens is 3. The maximum absolute atomic E-state index is 13.1. The molecule has 20 heteroatoms. The zero-order valence-corrected chi connectivity index (χ0v) is 34.5. The average Bonchev–Trinajstić information content (AvgIpc) is 3.95. The van der Waals surface area contributed by atoms with Gasteiger partial charge in [-0.2, -0.15) is 23.5 Å². The fraction of sp³-hybridized carbons (Fsp3) is 0.0750. The van der Waals surface area contributed by atoms with Gasteiger partial charge in [-0.3, -0.25) is 19.6 Å². The Hall–Kier alpha value is -6.39. The molecule has 0 aliphatic rings. The predicted molar refractivity (Wildman–Crippen MR) is 216 cm³/mol. The van der Waals surface area contributed by atoms with E-state index in [9.17, 15) is 32.7 Å². The number of carbonyl (C=O) groups is 3. The van der Waals surface area contributed by atoms with Gasteiger partial charge in [0, 0.05) is 62.8 Å². The number of fused-ring (bicyclic) bond motifs is 2. The smallest absolute Gasteiger partial charge is 0.435 e. The number of hydrogen-bond donors (Lipinski definition) is 3. The summed E-state index contributed by atoms with van der Waals surface area (Å²) >= 11 is 4.23. The number of nitrogens with zero attached hydrogens (tertiary/aromatic N) is 7. The summed E-state index contributed by atoms with van der Waals surface area (Å²) in [5.74, 6) is -3.57. The van der Waals surface area contributed by atoms with Crippen LogP contribution in [-0.4, -0.2) is 62.9 Å². The standard InChI is InChI=1S/C22H13F3N4S3.C18H11N3O6.Ru/c1-12-4-14-5-20-15(7-19(14)31-12)6-18(32-20)13-2-3-16(27-9-13)17-8-21(22(23,24)25)28-29(17)11-30-10-26;22-16(23)9-1-3-19-12(5-9)14-7-11(18(26)27)8-15(21-14)13-6-10(17(24)25)2-4-20-13;/h2-9H,11H2,1H3;1-8H,(H,22,23)(H,24,25)(H,26,27);. The second kappa shape index (κ2) is 17.8. The molecule has 0 aliphatic heterocycles. The van der Waals surface area contributed by atoms with Crippen molar-refractivity contribution in [3.63, 3.8) is 0 Å². The Labute approximate surface area is 361 Å². The predicted octanol–water partition coefficient (Wildman–Crippen LogP) is 9.84. The molecule has 0 aliphatic carbocycles. The fourth-order valence-electron chi connectivity index (χ4n) is 5.81. The minimum absolute atomic E-state index is 0. The van der Waals surface area contributed by atoms with Crippen LogP contribution in [0.2, 0.25) is 0 Å². The zero-order valence-electron chi connectivity index (χ0n) is 30.4. The van der Waals surface area contributed by atoms with Crippen molar-refractivity contribution >= 4 is 72.5 Å². The van der Waals surface area contributed by atoms with Crippen molar-refractivity contribution in [2.45, 2.75) is 19.0 Å². The Bertz CT molecular complexity index is 2860. The van der Waals surface area contributed by atoms with Gasteiger partial charge in [-0.05, 0) is 108 Å². The molecule has 60 heavy (non-hydrogen) atoms. The Morgan fingerprint density at radius 2 is 1.30 bits per heavy atom. The minimum atomic E-state index is -4.57. The van der Waals surface area contributed by atoms with Crippen LogP contribution < -0.4 is 0 Å². The van der Waals surface area contributed by atoms with E-state index in [0.29, 0.717) is 5.69 Å². The van der Waals surface area contributed by atoms with E-state index in [1.54, 1.807) is 34.9 Å². The third-order valence-corrected chi connectivity index (χ3v) is 11.2. The van der Waals surface area contributed by atoms with Crippen molar-refractivity contribution < 1.29 is 62.4 Å². The summed E-state index contributed by atoms with van der Waals surface area (Å²) in [4.78, 5) is 52.8. The van der Waals surface area contributed by atoms with Gasteiger partial charge in [-0.15, -0.1) is 22.7 Å². The number of nitriles is 1. The zero-order chi connectivity index (χ0) is 42.0. The first-order valence-electron chi connectivity index (χ1n) is 16.9. The Balaban J connectivity index is 0.000000201. The van der Waals surface area contributed by atoms with Crippen molar-refractivity contribution in [2.24, 2.45) is 0 Å². The SMILES string of the molecule is Cc1cc2cc3sc(-c4ccc(-c5cc(C(F)(F)F)nn5CSC#N)nc4)cc3cc2s1.O=C(O)c1ccnc(-c2cc(C(=O)O)cc(-c3cc(C(=O)O)ccn3)n2)c1.[Ru]. The van der Waals surface area contributed by atoms with Crippen molar-refractivity contribution in [2.75, 3.05) is 0 Å². The molecule has 0 spiro atoms. The van der Waals surface area contributed by atoms with Gasteiger partial charge in [0.2, 0.25) is 0 Å². The molecule has 0 fully saturated rings. The fourth-order valence-corrected chi connectivity index (χ4v) is 8.23. The van der Waals surface area contributed by atoms with Gasteiger partial charge >= 0.3 is 24.1 Å². The molecule has 7 aromatic heterocycles. The third kappa shape index (κ3) is 9.56. The number of pyridine rings is 4. The molecule has 0 saturated carbocycles. The largest absolute Gasteiger partial charge is 0.478 e. The monoisotopic (exact) mass is 953 g/mol. The molecule has 1 aromatic carbocycles. The molecule has 0 bridgehead atoms. The van der Waals surface area contributed by atoms with Crippen LogP contribution in [0.15, 0.2) is 97.5 Å². The quantitative estimate of drug-likeness (QED) is 0.0911. The summed E-state index contributed by atoms with van der Waals surface area (Å²) < 4.78 is 43.0. The summed E-state index contributed by atoms with van der Waals surface area (Å²) in [5.41, 5.74) is 0.851.